The molecule has 0 atom stereocenters. The van der Waals surface area contributed by atoms with Crippen LogP contribution in [0.1, 0.15) is 34.7 Å². The van der Waals surface area contributed by atoms with Gasteiger partial charge in [0.1, 0.15) is 18.0 Å². The summed E-state index contributed by atoms with van der Waals surface area (Å²) in [5.74, 6) is -0.465. The van der Waals surface area contributed by atoms with Crippen molar-refractivity contribution in [1.29, 1.82) is 0 Å². The molecule has 5 heterocycles. The topological polar surface area (TPSA) is 118 Å². The Balaban J connectivity index is 1.44. The van der Waals surface area contributed by atoms with Crippen LogP contribution >= 0.6 is 0 Å². The van der Waals surface area contributed by atoms with E-state index in [1.54, 1.807) is 6.92 Å². The largest absolute Gasteiger partial charge is 0.501 e. The van der Waals surface area contributed by atoms with Gasteiger partial charge in [-0.3, -0.25) is 14.2 Å². The molecule has 1 amide bonds. The fourth-order valence-corrected chi connectivity index (χ4v) is 4.35. The Morgan fingerprint density at radius 3 is 2.81 bits per heavy atom. The summed E-state index contributed by atoms with van der Waals surface area (Å²) < 4.78 is 16.8. The second kappa shape index (κ2) is 7.74. The SMILES string of the molecule is Cc1ncnn1-c1cc(F)ccc1CNC(=O)c1nc2n(c(=O)c1O)CC1CCN2CC1. The van der Waals surface area contributed by atoms with Crippen molar-refractivity contribution in [3.8, 4) is 11.4 Å². The van der Waals surface area contributed by atoms with Crippen LogP contribution in [-0.2, 0) is 13.1 Å². The molecule has 6 rings (SSSR count). The first-order chi connectivity index (χ1) is 15.4. The van der Waals surface area contributed by atoms with Crippen LogP contribution < -0.4 is 15.8 Å². The molecule has 0 aliphatic carbocycles. The minimum atomic E-state index is -0.686. The molecule has 11 heteroatoms. The number of fused-ring (bicyclic) bond motifs is 2. The third-order valence-corrected chi connectivity index (χ3v) is 6.11. The van der Waals surface area contributed by atoms with Gasteiger partial charge in [0.25, 0.3) is 11.5 Å². The lowest BCUT2D eigenvalue weighted by Crippen LogP contribution is -2.35. The average molecular weight is 439 g/mol. The molecule has 2 N–H and O–H groups in total. The molecular weight excluding hydrogens is 417 g/mol. The highest BCUT2D eigenvalue weighted by atomic mass is 19.1. The summed E-state index contributed by atoms with van der Waals surface area (Å²) in [5.41, 5.74) is 0.0937. The summed E-state index contributed by atoms with van der Waals surface area (Å²) in [7, 11) is 0. The number of carbonyl (C=O) groups excluding carboxylic acids is 1. The standard InChI is InChI=1S/C21H22FN7O3/c1-12-24-11-25-29(12)16-8-15(22)3-2-14(16)9-23-19(31)17-18(30)20(32)28-10-13-4-6-27(7-5-13)21(28)26-17/h2-3,8,11,13,30H,4-7,9-10H2,1H3,(H,23,31). The Morgan fingerprint density at radius 2 is 2.09 bits per heavy atom. The van der Waals surface area contributed by atoms with E-state index >= 15 is 0 Å². The molecule has 32 heavy (non-hydrogen) atoms. The van der Waals surface area contributed by atoms with Gasteiger partial charge in [-0.05, 0) is 43.4 Å². The maximum Gasteiger partial charge on any atom is 0.297 e. The van der Waals surface area contributed by atoms with E-state index in [0.717, 1.165) is 25.9 Å². The lowest BCUT2D eigenvalue weighted by molar-refractivity contribution is 0.0942. The number of piperidine rings is 1. The molecule has 0 spiro atoms. The summed E-state index contributed by atoms with van der Waals surface area (Å²) in [6, 6.07) is 4.12. The Morgan fingerprint density at radius 1 is 1.31 bits per heavy atom. The minimum absolute atomic E-state index is 0.0130. The van der Waals surface area contributed by atoms with E-state index in [4.69, 9.17) is 0 Å². The van der Waals surface area contributed by atoms with E-state index in [2.05, 4.69) is 20.4 Å². The number of hydrogen-bond acceptors (Lipinski definition) is 7. The van der Waals surface area contributed by atoms with Crippen molar-refractivity contribution in [2.24, 2.45) is 5.92 Å². The summed E-state index contributed by atoms with van der Waals surface area (Å²) in [6.07, 6.45) is 3.25. The van der Waals surface area contributed by atoms with Gasteiger partial charge >= 0.3 is 0 Å². The highest BCUT2D eigenvalue weighted by molar-refractivity contribution is 5.95. The number of rotatable bonds is 4. The maximum atomic E-state index is 13.9. The van der Waals surface area contributed by atoms with Gasteiger partial charge in [-0.2, -0.15) is 5.10 Å². The number of halogens is 1. The second-order valence-electron chi connectivity index (χ2n) is 8.13. The smallest absolute Gasteiger partial charge is 0.297 e. The highest BCUT2D eigenvalue weighted by Crippen LogP contribution is 2.29. The zero-order valence-electron chi connectivity index (χ0n) is 17.5. The Hall–Kier alpha value is -3.76. The predicted octanol–water partition coefficient (Wildman–Crippen LogP) is 1.14. The molecule has 0 unspecified atom stereocenters. The number of nitrogens with zero attached hydrogens (tertiary/aromatic N) is 6. The van der Waals surface area contributed by atoms with Crippen molar-refractivity contribution < 1.29 is 14.3 Å². The van der Waals surface area contributed by atoms with E-state index < -0.39 is 23.0 Å². The molecule has 3 aliphatic rings. The number of nitrogens with one attached hydrogen (secondary N) is 1. The summed E-state index contributed by atoms with van der Waals surface area (Å²) in [4.78, 5) is 36.1. The number of aryl methyl sites for hydroxylation is 1. The van der Waals surface area contributed by atoms with Crippen molar-refractivity contribution in [3.63, 3.8) is 0 Å². The third-order valence-electron chi connectivity index (χ3n) is 6.11. The van der Waals surface area contributed by atoms with Crippen molar-refractivity contribution in [3.05, 3.63) is 57.8 Å². The van der Waals surface area contributed by atoms with E-state index in [1.165, 1.54) is 33.8 Å². The Labute approximate surface area is 182 Å². The number of carbonyl (C=O) groups is 1. The first kappa shape index (κ1) is 20.2. The maximum absolute atomic E-state index is 13.9. The molecule has 3 aromatic rings. The fraction of sp³-hybridized carbons (Fsp3) is 0.381. The van der Waals surface area contributed by atoms with Crippen molar-refractivity contribution in [2.45, 2.75) is 32.9 Å². The van der Waals surface area contributed by atoms with Crippen molar-refractivity contribution in [2.75, 3.05) is 18.0 Å². The minimum Gasteiger partial charge on any atom is -0.501 e. The zero-order valence-corrected chi connectivity index (χ0v) is 17.5. The molecule has 0 radical (unpaired) electrons. The summed E-state index contributed by atoms with van der Waals surface area (Å²) in [5, 5.41) is 17.2. The molecule has 166 valence electrons. The van der Waals surface area contributed by atoms with Gasteiger partial charge in [-0.25, -0.2) is 19.0 Å². The highest BCUT2D eigenvalue weighted by Gasteiger charge is 2.31. The van der Waals surface area contributed by atoms with Crippen LogP contribution in [0, 0.1) is 18.7 Å². The van der Waals surface area contributed by atoms with Crippen LogP contribution in [0.4, 0.5) is 10.3 Å². The van der Waals surface area contributed by atoms with E-state index in [0.29, 0.717) is 35.5 Å². The van der Waals surface area contributed by atoms with Crippen molar-refractivity contribution in [1.82, 2.24) is 29.6 Å². The van der Waals surface area contributed by atoms with Gasteiger partial charge in [0, 0.05) is 26.2 Å². The van der Waals surface area contributed by atoms with Crippen LogP contribution in [0.25, 0.3) is 5.69 Å². The van der Waals surface area contributed by atoms with Crippen LogP contribution in [-0.4, -0.2) is 48.4 Å². The molecule has 2 aromatic heterocycles. The van der Waals surface area contributed by atoms with Gasteiger partial charge in [-0.15, -0.1) is 0 Å². The second-order valence-corrected chi connectivity index (χ2v) is 8.13. The van der Waals surface area contributed by atoms with Gasteiger partial charge in [0.15, 0.2) is 5.69 Å². The van der Waals surface area contributed by atoms with Gasteiger partial charge in [0.05, 0.1) is 5.69 Å². The molecule has 1 fully saturated rings. The molecular formula is C21H22FN7O3. The van der Waals surface area contributed by atoms with E-state index in [-0.39, 0.29) is 12.2 Å². The lowest BCUT2D eigenvalue weighted by Gasteiger charge is -2.27. The number of aromatic hydroxyl groups is 1. The first-order valence-corrected chi connectivity index (χ1v) is 10.4. The monoisotopic (exact) mass is 439 g/mol. The molecule has 10 nitrogen and oxygen atoms in total. The summed E-state index contributed by atoms with van der Waals surface area (Å²) >= 11 is 0. The van der Waals surface area contributed by atoms with Crippen LogP contribution in [0.15, 0.2) is 29.3 Å². The molecule has 0 saturated carbocycles. The number of amides is 1. The molecule has 2 bridgehead atoms. The predicted molar refractivity (Wildman–Crippen MR) is 112 cm³/mol. The quantitative estimate of drug-likeness (QED) is 0.626. The fourth-order valence-electron chi connectivity index (χ4n) is 4.35. The number of aromatic nitrogens is 5. The zero-order chi connectivity index (χ0) is 22.4. The van der Waals surface area contributed by atoms with Crippen LogP contribution in [0.2, 0.25) is 0 Å². The number of anilines is 1. The van der Waals surface area contributed by atoms with Crippen LogP contribution in [0.3, 0.4) is 0 Å². The average Bonchev–Trinajstić information content (AvgIpc) is 3.04. The number of hydrogen-bond donors (Lipinski definition) is 2. The molecule has 1 saturated heterocycles. The van der Waals surface area contributed by atoms with E-state index in [1.807, 2.05) is 4.90 Å². The van der Waals surface area contributed by atoms with Crippen LogP contribution in [0.5, 0.6) is 5.75 Å². The normalized spacial score (nSPS) is 15.5. The Bertz CT molecular complexity index is 1260. The first-order valence-electron chi connectivity index (χ1n) is 10.4. The molecule has 1 aromatic carbocycles. The summed E-state index contributed by atoms with van der Waals surface area (Å²) in [6.45, 7) is 3.76. The third kappa shape index (κ3) is 3.39. The van der Waals surface area contributed by atoms with Crippen molar-refractivity contribution >= 4 is 11.9 Å². The Kier molecular flexibility index (Phi) is 4.87. The van der Waals surface area contributed by atoms with Gasteiger partial charge in [-0.1, -0.05) is 6.07 Å². The van der Waals surface area contributed by atoms with Gasteiger partial charge in [0.2, 0.25) is 11.7 Å². The van der Waals surface area contributed by atoms with E-state index in [9.17, 15) is 19.1 Å². The van der Waals surface area contributed by atoms with Gasteiger partial charge < -0.3 is 15.3 Å². The molecule has 3 aliphatic heterocycles. The lowest BCUT2D eigenvalue weighted by atomic mass is 9.98. The number of benzene rings is 1.